The summed E-state index contributed by atoms with van der Waals surface area (Å²) >= 11 is 1.69. The Hall–Kier alpha value is -2.71. The quantitative estimate of drug-likeness (QED) is 0.317. The zero-order valence-electron chi connectivity index (χ0n) is 23.0. The number of nitrogens with one attached hydrogen (secondary N) is 2. The first kappa shape index (κ1) is 27.3. The summed E-state index contributed by atoms with van der Waals surface area (Å²) in [5, 5.41) is 5.72. The molecule has 37 heavy (non-hydrogen) atoms. The lowest BCUT2D eigenvalue weighted by molar-refractivity contribution is 0.0611. The van der Waals surface area contributed by atoms with E-state index < -0.39 is 0 Å². The highest BCUT2D eigenvalue weighted by atomic mass is 32.2. The molecule has 0 atom stereocenters. The van der Waals surface area contributed by atoms with Crippen molar-refractivity contribution in [3.05, 3.63) is 48.3 Å². The highest BCUT2D eigenvalue weighted by Crippen LogP contribution is 2.34. The van der Waals surface area contributed by atoms with Gasteiger partial charge in [0.2, 0.25) is 0 Å². The molecule has 2 N–H and O–H groups in total. The Morgan fingerprint density at radius 3 is 2.49 bits per heavy atom. The standard InChI is InChI=1S/C29H41N5O2S/c1-7-34(37-24-11-8-22(9-12-24)31-28(35)30-20(2)3)23-10-13-26-25(18-23)32-27(29(4,5)6)33(26)19-21-14-16-36-17-15-21/h8-13,18,20-21H,7,14-17,19H2,1-6H3,(H2,30,31,35). The van der Waals surface area contributed by atoms with E-state index in [1.165, 1.54) is 5.52 Å². The summed E-state index contributed by atoms with van der Waals surface area (Å²) in [6.45, 7) is 16.3. The van der Waals surface area contributed by atoms with E-state index in [0.29, 0.717) is 5.92 Å². The van der Waals surface area contributed by atoms with Crippen LogP contribution in [-0.2, 0) is 16.7 Å². The Balaban J connectivity index is 1.53. The number of aromatic nitrogens is 2. The lowest BCUT2D eigenvalue weighted by atomic mass is 9.94. The Bertz CT molecular complexity index is 1190. The minimum absolute atomic E-state index is 0.0363. The number of rotatable bonds is 8. The molecule has 0 spiro atoms. The molecule has 1 saturated heterocycles. The van der Waals surface area contributed by atoms with Crippen LogP contribution in [-0.4, -0.2) is 41.4 Å². The molecular formula is C29H41N5O2S. The molecule has 7 nitrogen and oxygen atoms in total. The van der Waals surface area contributed by atoms with Crippen molar-refractivity contribution >= 4 is 40.4 Å². The van der Waals surface area contributed by atoms with Crippen LogP contribution in [0.4, 0.5) is 16.2 Å². The molecule has 0 unspecified atom stereocenters. The van der Waals surface area contributed by atoms with Crippen molar-refractivity contribution in [3.63, 3.8) is 0 Å². The van der Waals surface area contributed by atoms with E-state index in [4.69, 9.17) is 9.72 Å². The molecule has 4 rings (SSSR count). The van der Waals surface area contributed by atoms with Crippen LogP contribution >= 0.6 is 11.9 Å². The third kappa shape index (κ3) is 6.99. The number of carbonyl (C=O) groups excluding carboxylic acids is 1. The summed E-state index contributed by atoms with van der Waals surface area (Å²) in [6.07, 6.45) is 2.22. The smallest absolute Gasteiger partial charge is 0.319 e. The first-order chi connectivity index (χ1) is 17.6. The van der Waals surface area contributed by atoms with Crippen molar-refractivity contribution in [3.8, 4) is 0 Å². The van der Waals surface area contributed by atoms with E-state index in [-0.39, 0.29) is 17.5 Å². The summed E-state index contributed by atoms with van der Waals surface area (Å²) in [6, 6.07) is 14.5. The first-order valence-electron chi connectivity index (χ1n) is 13.4. The number of benzene rings is 2. The predicted octanol–water partition coefficient (Wildman–Crippen LogP) is 6.82. The van der Waals surface area contributed by atoms with Gasteiger partial charge in [0.05, 0.1) is 11.0 Å². The summed E-state index contributed by atoms with van der Waals surface area (Å²) in [4.78, 5) is 18.2. The zero-order chi connectivity index (χ0) is 26.6. The zero-order valence-corrected chi connectivity index (χ0v) is 23.8. The monoisotopic (exact) mass is 523 g/mol. The van der Waals surface area contributed by atoms with Crippen LogP contribution in [0.2, 0.25) is 0 Å². The highest BCUT2D eigenvalue weighted by molar-refractivity contribution is 8.00. The Labute approximate surface area is 225 Å². The maximum absolute atomic E-state index is 12.0. The van der Waals surface area contributed by atoms with Gasteiger partial charge in [-0.1, -0.05) is 20.8 Å². The number of hydrogen-bond acceptors (Lipinski definition) is 5. The molecular weight excluding hydrogens is 482 g/mol. The van der Waals surface area contributed by atoms with Gasteiger partial charge in [0.15, 0.2) is 0 Å². The highest BCUT2D eigenvalue weighted by Gasteiger charge is 2.26. The maximum Gasteiger partial charge on any atom is 0.319 e. The van der Waals surface area contributed by atoms with Crippen LogP contribution in [0, 0.1) is 5.92 Å². The largest absolute Gasteiger partial charge is 0.381 e. The molecule has 1 aliphatic heterocycles. The fraction of sp³-hybridized carbons (Fsp3) is 0.517. The fourth-order valence-electron chi connectivity index (χ4n) is 4.67. The fourth-order valence-corrected chi connectivity index (χ4v) is 5.53. The van der Waals surface area contributed by atoms with Crippen molar-refractivity contribution in [1.29, 1.82) is 0 Å². The van der Waals surface area contributed by atoms with Gasteiger partial charge in [0, 0.05) is 54.0 Å². The van der Waals surface area contributed by atoms with Crippen LogP contribution in [0.3, 0.4) is 0 Å². The molecule has 1 fully saturated rings. The Morgan fingerprint density at radius 2 is 1.86 bits per heavy atom. The van der Waals surface area contributed by atoms with Gasteiger partial charge < -0.3 is 24.2 Å². The second-order valence-electron chi connectivity index (χ2n) is 11.1. The van der Waals surface area contributed by atoms with Gasteiger partial charge in [-0.2, -0.15) is 0 Å². The number of nitrogens with zero attached hydrogens (tertiary/aromatic N) is 3. The van der Waals surface area contributed by atoms with Gasteiger partial charge in [-0.15, -0.1) is 0 Å². The Kier molecular flexibility index (Phi) is 8.70. The van der Waals surface area contributed by atoms with Crippen LogP contribution in [0.1, 0.15) is 60.2 Å². The van der Waals surface area contributed by atoms with E-state index in [0.717, 1.165) is 66.8 Å². The number of anilines is 2. The SMILES string of the molecule is CCN(Sc1ccc(NC(=O)NC(C)C)cc1)c1ccc2c(c1)nc(C(C)(C)C)n2CC1CCOCC1. The average Bonchev–Trinajstić information content (AvgIpc) is 3.22. The number of amides is 2. The third-order valence-corrected chi connectivity index (χ3v) is 7.68. The second kappa shape index (κ2) is 11.8. The molecule has 0 aliphatic carbocycles. The molecule has 1 aliphatic rings. The van der Waals surface area contributed by atoms with Crippen molar-refractivity contribution in [2.24, 2.45) is 5.92 Å². The number of carbonyl (C=O) groups is 1. The van der Waals surface area contributed by atoms with Gasteiger partial charge in [0.1, 0.15) is 5.82 Å². The third-order valence-electron chi connectivity index (χ3n) is 6.51. The normalized spacial score (nSPS) is 14.8. The molecule has 3 aromatic rings. The molecule has 2 amide bonds. The minimum Gasteiger partial charge on any atom is -0.381 e. The second-order valence-corrected chi connectivity index (χ2v) is 12.2. The Morgan fingerprint density at radius 1 is 1.16 bits per heavy atom. The number of hydrogen-bond donors (Lipinski definition) is 2. The van der Waals surface area contributed by atoms with Crippen molar-refractivity contribution in [1.82, 2.24) is 14.9 Å². The van der Waals surface area contributed by atoms with Gasteiger partial charge in [-0.3, -0.25) is 0 Å². The number of ether oxygens (including phenoxy) is 1. The molecule has 0 bridgehead atoms. The van der Waals surface area contributed by atoms with E-state index in [1.54, 1.807) is 11.9 Å². The van der Waals surface area contributed by atoms with Crippen molar-refractivity contribution in [2.75, 3.05) is 29.4 Å². The van der Waals surface area contributed by atoms with E-state index in [2.05, 4.69) is 65.4 Å². The number of imidazole rings is 1. The van der Waals surface area contributed by atoms with E-state index in [1.807, 2.05) is 38.1 Å². The van der Waals surface area contributed by atoms with E-state index in [9.17, 15) is 4.79 Å². The maximum atomic E-state index is 12.0. The van der Waals surface area contributed by atoms with Gasteiger partial charge in [0.25, 0.3) is 0 Å². The topological polar surface area (TPSA) is 71.4 Å². The molecule has 200 valence electrons. The van der Waals surface area contributed by atoms with Crippen molar-refractivity contribution < 1.29 is 9.53 Å². The number of urea groups is 1. The summed E-state index contributed by atoms with van der Waals surface area (Å²) in [5.74, 6) is 1.77. The molecule has 2 heterocycles. The first-order valence-corrected chi connectivity index (χ1v) is 14.1. The molecule has 1 aromatic heterocycles. The number of fused-ring (bicyclic) bond motifs is 1. The van der Waals surface area contributed by atoms with Gasteiger partial charge >= 0.3 is 6.03 Å². The summed E-state index contributed by atoms with van der Waals surface area (Å²) in [7, 11) is 0. The summed E-state index contributed by atoms with van der Waals surface area (Å²) < 4.78 is 10.3. The minimum atomic E-state index is -0.190. The van der Waals surface area contributed by atoms with Gasteiger partial charge in [-0.25, -0.2) is 9.78 Å². The molecule has 0 radical (unpaired) electrons. The molecule has 2 aromatic carbocycles. The van der Waals surface area contributed by atoms with Gasteiger partial charge in [-0.05, 0) is 93.9 Å². The van der Waals surface area contributed by atoms with E-state index >= 15 is 0 Å². The van der Waals surface area contributed by atoms with Crippen LogP contribution in [0.25, 0.3) is 11.0 Å². The summed E-state index contributed by atoms with van der Waals surface area (Å²) in [5.41, 5.74) is 4.12. The van der Waals surface area contributed by atoms with Crippen LogP contribution in [0.5, 0.6) is 0 Å². The predicted molar refractivity (Wildman–Crippen MR) is 155 cm³/mol. The van der Waals surface area contributed by atoms with Crippen LogP contribution < -0.4 is 14.9 Å². The van der Waals surface area contributed by atoms with Crippen LogP contribution in [0.15, 0.2) is 47.4 Å². The van der Waals surface area contributed by atoms with Crippen molar-refractivity contribution in [2.45, 2.75) is 77.3 Å². The lowest BCUT2D eigenvalue weighted by Crippen LogP contribution is -2.34. The average molecular weight is 524 g/mol. The molecule has 0 saturated carbocycles. The lowest BCUT2D eigenvalue weighted by Gasteiger charge is -2.26. The molecule has 8 heteroatoms.